The Hall–Kier alpha value is -0.120. The molecule has 2 heterocycles. The smallest absolute Gasteiger partial charge is 0.0347 e. The molecule has 2 aliphatic heterocycles. The first-order valence-corrected chi connectivity index (χ1v) is 4.14. The summed E-state index contributed by atoms with van der Waals surface area (Å²) < 4.78 is 0. The third kappa shape index (κ3) is 1.17. The van der Waals surface area contributed by atoms with Crippen LogP contribution >= 0.6 is 0 Å². The van der Waals surface area contributed by atoms with E-state index >= 15 is 0 Å². The Morgan fingerprint density at radius 2 is 1.80 bits per heavy atom. The van der Waals surface area contributed by atoms with Crippen molar-refractivity contribution in [1.82, 2.24) is 16.0 Å². The zero-order chi connectivity index (χ0) is 6.81. The minimum atomic E-state index is 0.683. The molecule has 58 valence electrons. The number of rotatable bonds is 0. The van der Waals surface area contributed by atoms with Crippen LogP contribution in [-0.4, -0.2) is 38.3 Å². The number of hydrogen-bond donors (Lipinski definition) is 3. The lowest BCUT2D eigenvalue weighted by atomic mass is 10.1. The molecule has 0 spiro atoms. The van der Waals surface area contributed by atoms with Crippen molar-refractivity contribution in [2.45, 2.75) is 18.5 Å². The molecule has 2 unspecified atom stereocenters. The molecule has 2 fully saturated rings. The minimum absolute atomic E-state index is 0.683. The van der Waals surface area contributed by atoms with Gasteiger partial charge in [0.25, 0.3) is 0 Å². The van der Waals surface area contributed by atoms with Gasteiger partial charge in [0.05, 0.1) is 0 Å². The van der Waals surface area contributed by atoms with Crippen LogP contribution in [-0.2, 0) is 0 Å². The zero-order valence-corrected chi connectivity index (χ0v) is 6.19. The summed E-state index contributed by atoms with van der Waals surface area (Å²) in [6.45, 7) is 4.57. The Morgan fingerprint density at radius 1 is 0.900 bits per heavy atom. The van der Waals surface area contributed by atoms with E-state index in [1.165, 1.54) is 13.0 Å². The van der Waals surface area contributed by atoms with Gasteiger partial charge in [-0.05, 0) is 13.0 Å². The molecular formula is C7H15N3. The normalized spacial score (nSPS) is 40.8. The van der Waals surface area contributed by atoms with E-state index in [9.17, 15) is 0 Å². The first kappa shape index (κ1) is 6.58. The first-order chi connectivity index (χ1) is 4.97. The highest BCUT2D eigenvalue weighted by Crippen LogP contribution is 2.06. The highest BCUT2D eigenvalue weighted by Gasteiger charge is 2.26. The third-order valence-corrected chi connectivity index (χ3v) is 2.42. The van der Waals surface area contributed by atoms with Gasteiger partial charge in [-0.15, -0.1) is 0 Å². The van der Waals surface area contributed by atoms with E-state index in [0.717, 1.165) is 25.7 Å². The van der Waals surface area contributed by atoms with Crippen molar-refractivity contribution >= 4 is 0 Å². The van der Waals surface area contributed by atoms with Crippen LogP contribution in [0.2, 0.25) is 0 Å². The second-order valence-corrected chi connectivity index (χ2v) is 3.11. The molecule has 0 saturated carbocycles. The number of fused-ring (bicyclic) bond motifs is 1. The van der Waals surface area contributed by atoms with E-state index < -0.39 is 0 Å². The predicted molar refractivity (Wildman–Crippen MR) is 41.1 cm³/mol. The van der Waals surface area contributed by atoms with Crippen LogP contribution in [0.3, 0.4) is 0 Å². The van der Waals surface area contributed by atoms with Gasteiger partial charge in [-0.3, -0.25) is 0 Å². The van der Waals surface area contributed by atoms with E-state index in [2.05, 4.69) is 16.0 Å². The molecule has 3 N–H and O–H groups in total. The largest absolute Gasteiger partial charge is 0.314 e. The van der Waals surface area contributed by atoms with Crippen LogP contribution in [0.4, 0.5) is 0 Å². The van der Waals surface area contributed by atoms with Gasteiger partial charge in [-0.1, -0.05) is 0 Å². The number of nitrogens with one attached hydrogen (secondary N) is 3. The molecule has 2 atom stereocenters. The van der Waals surface area contributed by atoms with Crippen LogP contribution in [0, 0.1) is 0 Å². The van der Waals surface area contributed by atoms with E-state index in [-0.39, 0.29) is 0 Å². The Kier molecular flexibility index (Phi) is 1.88. The highest BCUT2D eigenvalue weighted by atomic mass is 15.1. The van der Waals surface area contributed by atoms with E-state index in [4.69, 9.17) is 0 Å². The molecule has 0 bridgehead atoms. The molecule has 2 aliphatic rings. The fourth-order valence-corrected chi connectivity index (χ4v) is 1.83. The van der Waals surface area contributed by atoms with Gasteiger partial charge >= 0.3 is 0 Å². The lowest BCUT2D eigenvalue weighted by Gasteiger charge is -2.15. The highest BCUT2D eigenvalue weighted by molar-refractivity contribution is 4.92. The molecule has 0 aromatic carbocycles. The minimum Gasteiger partial charge on any atom is -0.314 e. The zero-order valence-electron chi connectivity index (χ0n) is 6.19. The van der Waals surface area contributed by atoms with Gasteiger partial charge in [0, 0.05) is 31.7 Å². The summed E-state index contributed by atoms with van der Waals surface area (Å²) in [5, 5.41) is 10.4. The Morgan fingerprint density at radius 3 is 2.80 bits per heavy atom. The van der Waals surface area contributed by atoms with Crippen LogP contribution in [0.5, 0.6) is 0 Å². The topological polar surface area (TPSA) is 36.1 Å². The standard InChI is InChI=1S/C7H15N3/c1-2-9-7-5-8-3-4-10-6(1)7/h6-10H,1-5H2. The predicted octanol–water partition coefficient (Wildman–Crippen LogP) is -1.09. The Bertz CT molecular complexity index is 103. The number of hydrogen-bond acceptors (Lipinski definition) is 3. The molecule has 0 radical (unpaired) electrons. The van der Waals surface area contributed by atoms with Crippen molar-refractivity contribution in [2.24, 2.45) is 0 Å². The molecular weight excluding hydrogens is 126 g/mol. The summed E-state index contributed by atoms with van der Waals surface area (Å²) in [5.74, 6) is 0. The van der Waals surface area contributed by atoms with Gasteiger partial charge in [0.1, 0.15) is 0 Å². The van der Waals surface area contributed by atoms with Gasteiger partial charge in [-0.2, -0.15) is 0 Å². The van der Waals surface area contributed by atoms with Crippen LogP contribution in [0.25, 0.3) is 0 Å². The van der Waals surface area contributed by atoms with E-state index in [1.54, 1.807) is 0 Å². The first-order valence-electron chi connectivity index (χ1n) is 4.14. The molecule has 2 rings (SSSR count). The second kappa shape index (κ2) is 2.86. The molecule has 0 amide bonds. The van der Waals surface area contributed by atoms with Crippen molar-refractivity contribution in [3.63, 3.8) is 0 Å². The molecule has 3 heteroatoms. The fraction of sp³-hybridized carbons (Fsp3) is 1.00. The summed E-state index contributed by atoms with van der Waals surface area (Å²) in [6, 6.07) is 1.41. The van der Waals surface area contributed by atoms with Crippen molar-refractivity contribution in [2.75, 3.05) is 26.2 Å². The van der Waals surface area contributed by atoms with Crippen LogP contribution < -0.4 is 16.0 Å². The maximum Gasteiger partial charge on any atom is 0.0347 e. The fourth-order valence-electron chi connectivity index (χ4n) is 1.83. The van der Waals surface area contributed by atoms with E-state index in [1.807, 2.05) is 0 Å². The van der Waals surface area contributed by atoms with Crippen molar-refractivity contribution in [1.29, 1.82) is 0 Å². The van der Waals surface area contributed by atoms with E-state index in [0.29, 0.717) is 6.04 Å². The van der Waals surface area contributed by atoms with Crippen molar-refractivity contribution in [3.8, 4) is 0 Å². The van der Waals surface area contributed by atoms with Crippen molar-refractivity contribution < 1.29 is 0 Å². The van der Waals surface area contributed by atoms with Gasteiger partial charge in [0.15, 0.2) is 0 Å². The maximum atomic E-state index is 3.52. The third-order valence-electron chi connectivity index (χ3n) is 2.42. The average Bonchev–Trinajstić information content (AvgIpc) is 2.28. The van der Waals surface area contributed by atoms with Crippen molar-refractivity contribution in [3.05, 3.63) is 0 Å². The molecule has 10 heavy (non-hydrogen) atoms. The summed E-state index contributed by atoms with van der Waals surface area (Å²) in [7, 11) is 0. The lowest BCUT2D eigenvalue weighted by Crippen LogP contribution is -2.42. The SMILES string of the molecule is C1CNC2CCNC2CN1. The van der Waals surface area contributed by atoms with Crippen LogP contribution in [0.15, 0.2) is 0 Å². The Labute approximate surface area is 61.6 Å². The quantitative estimate of drug-likeness (QED) is 0.401. The van der Waals surface area contributed by atoms with Crippen LogP contribution in [0.1, 0.15) is 6.42 Å². The monoisotopic (exact) mass is 141 g/mol. The molecule has 2 saturated heterocycles. The summed E-state index contributed by atoms with van der Waals surface area (Å²) in [5.41, 5.74) is 0. The molecule has 0 aromatic rings. The van der Waals surface area contributed by atoms with Gasteiger partial charge < -0.3 is 16.0 Å². The summed E-state index contributed by atoms with van der Waals surface area (Å²) in [4.78, 5) is 0. The maximum absolute atomic E-state index is 3.52. The molecule has 3 nitrogen and oxygen atoms in total. The second-order valence-electron chi connectivity index (χ2n) is 3.11. The summed E-state index contributed by atoms with van der Waals surface area (Å²) >= 11 is 0. The van der Waals surface area contributed by atoms with Gasteiger partial charge in [0.2, 0.25) is 0 Å². The lowest BCUT2D eigenvalue weighted by molar-refractivity contribution is 0.485. The summed E-state index contributed by atoms with van der Waals surface area (Å²) in [6.07, 6.45) is 1.30. The average molecular weight is 141 g/mol. The Balaban J connectivity index is 1.95. The molecule has 0 aromatic heterocycles. The van der Waals surface area contributed by atoms with Gasteiger partial charge in [-0.25, -0.2) is 0 Å². The molecule has 0 aliphatic carbocycles.